The minimum Gasteiger partial charge on any atom is -0.457 e. The van der Waals surface area contributed by atoms with E-state index in [0.717, 1.165) is 28.8 Å². The third kappa shape index (κ3) is 5.10. The summed E-state index contributed by atoms with van der Waals surface area (Å²) in [5, 5.41) is 3.02. The highest BCUT2D eigenvalue weighted by molar-refractivity contribution is 5.89. The Morgan fingerprint density at radius 3 is 2.62 bits per heavy atom. The Balaban J connectivity index is 1.35. The van der Waals surface area contributed by atoms with Gasteiger partial charge in [0, 0.05) is 30.6 Å². The third-order valence-electron chi connectivity index (χ3n) is 5.57. The average Bonchev–Trinajstić information content (AvgIpc) is 2.84. The maximum absolute atomic E-state index is 12.9. The molecule has 1 aliphatic heterocycles. The van der Waals surface area contributed by atoms with Gasteiger partial charge in [0.15, 0.2) is 0 Å². The van der Waals surface area contributed by atoms with Gasteiger partial charge in [-0.25, -0.2) is 4.79 Å². The largest absolute Gasteiger partial charge is 0.457 e. The number of ether oxygens (including phenoxy) is 1. The predicted molar refractivity (Wildman–Crippen MR) is 124 cm³/mol. The van der Waals surface area contributed by atoms with Crippen molar-refractivity contribution in [1.82, 2.24) is 5.32 Å². The molecule has 32 heavy (non-hydrogen) atoms. The number of carbonyl (C=O) groups is 2. The molecule has 4 rings (SSSR count). The Kier molecular flexibility index (Phi) is 6.72. The molecule has 0 spiro atoms. The van der Waals surface area contributed by atoms with E-state index in [9.17, 15) is 9.59 Å². The molecule has 162 valence electrons. The number of fused-ring (bicyclic) bond motifs is 1. The first-order valence-electron chi connectivity index (χ1n) is 10.6. The van der Waals surface area contributed by atoms with Gasteiger partial charge in [0.1, 0.15) is 6.61 Å². The van der Waals surface area contributed by atoms with Crippen LogP contribution in [0.2, 0.25) is 0 Å². The van der Waals surface area contributed by atoms with Crippen LogP contribution < -0.4 is 11.1 Å². The molecular formula is C26H25N3O3. The summed E-state index contributed by atoms with van der Waals surface area (Å²) in [5.74, 6) is -0.731. The van der Waals surface area contributed by atoms with E-state index in [0.29, 0.717) is 5.56 Å². The number of hydrogen-bond donors (Lipinski definition) is 2. The molecule has 6 nitrogen and oxygen atoms in total. The van der Waals surface area contributed by atoms with Gasteiger partial charge in [-0.15, -0.1) is 0 Å². The summed E-state index contributed by atoms with van der Waals surface area (Å²) in [7, 11) is 0. The molecule has 2 atom stereocenters. The zero-order valence-corrected chi connectivity index (χ0v) is 17.6. The Hall–Kier alpha value is -3.77. The first kappa shape index (κ1) is 21.5. The van der Waals surface area contributed by atoms with E-state index in [1.165, 1.54) is 0 Å². The number of nitrogens with one attached hydrogen (secondary N) is 1. The van der Waals surface area contributed by atoms with Crippen LogP contribution in [-0.2, 0) is 16.1 Å². The second-order valence-corrected chi connectivity index (χ2v) is 7.75. The Morgan fingerprint density at radius 2 is 1.88 bits per heavy atom. The Bertz CT molecular complexity index is 1100. The van der Waals surface area contributed by atoms with Crippen molar-refractivity contribution in [3.8, 4) is 0 Å². The second kappa shape index (κ2) is 10.0. The van der Waals surface area contributed by atoms with Gasteiger partial charge in [-0.2, -0.15) is 0 Å². The number of carbonyl (C=O) groups excluding carboxylic acids is 2. The molecule has 0 bridgehead atoms. The van der Waals surface area contributed by atoms with Crippen LogP contribution in [0.5, 0.6) is 0 Å². The molecule has 2 aromatic carbocycles. The van der Waals surface area contributed by atoms with Crippen molar-refractivity contribution in [2.24, 2.45) is 16.6 Å². The quantitative estimate of drug-likeness (QED) is 0.660. The van der Waals surface area contributed by atoms with Crippen molar-refractivity contribution in [2.75, 3.05) is 6.54 Å². The number of benzene rings is 2. The van der Waals surface area contributed by atoms with Crippen LogP contribution >= 0.6 is 0 Å². The standard InChI is InChI=1S/C26H25N3O3/c27-15-24(25(30)29-23-11-10-22-16-28-13-12-21(22)14-23)19-8-6-18(7-9-19)17-32-26(31)20-4-2-1-3-5-20/h1-13,16,21,24H,14-15,17,27H2,(H,29,30). The Labute approximate surface area is 187 Å². The number of esters is 1. The molecule has 0 saturated carbocycles. The minimum atomic E-state index is -0.467. The number of nitrogens with zero attached hydrogens (tertiary/aromatic N) is 1. The van der Waals surface area contributed by atoms with E-state index < -0.39 is 5.92 Å². The average molecular weight is 428 g/mol. The van der Waals surface area contributed by atoms with E-state index >= 15 is 0 Å². The molecule has 0 fully saturated rings. The molecule has 2 aromatic rings. The molecule has 3 N–H and O–H groups in total. The summed E-state index contributed by atoms with van der Waals surface area (Å²) in [4.78, 5) is 29.1. The number of rotatable bonds is 7. The minimum absolute atomic E-state index is 0.132. The second-order valence-electron chi connectivity index (χ2n) is 7.75. The fourth-order valence-electron chi connectivity index (χ4n) is 3.73. The summed E-state index contributed by atoms with van der Waals surface area (Å²) in [6.45, 7) is 0.353. The normalized spacial score (nSPS) is 17.6. The van der Waals surface area contributed by atoms with Crippen LogP contribution in [0.15, 0.2) is 95.3 Å². The monoisotopic (exact) mass is 427 g/mol. The van der Waals surface area contributed by atoms with Crippen molar-refractivity contribution in [1.29, 1.82) is 0 Å². The van der Waals surface area contributed by atoms with E-state index in [2.05, 4.69) is 10.3 Å². The van der Waals surface area contributed by atoms with Crippen LogP contribution in [0.3, 0.4) is 0 Å². The van der Waals surface area contributed by atoms with Gasteiger partial charge < -0.3 is 15.8 Å². The van der Waals surface area contributed by atoms with Crippen LogP contribution in [-0.4, -0.2) is 24.6 Å². The maximum Gasteiger partial charge on any atom is 0.338 e. The van der Waals surface area contributed by atoms with Gasteiger partial charge in [0.2, 0.25) is 5.91 Å². The van der Waals surface area contributed by atoms with E-state index in [1.54, 1.807) is 30.5 Å². The fourth-order valence-corrected chi connectivity index (χ4v) is 3.73. The van der Waals surface area contributed by atoms with Crippen molar-refractivity contribution in [3.63, 3.8) is 0 Å². The first-order chi connectivity index (χ1) is 15.6. The summed E-state index contributed by atoms with van der Waals surface area (Å²) in [6.07, 6.45) is 10.3. The van der Waals surface area contributed by atoms with Gasteiger partial charge in [-0.3, -0.25) is 9.79 Å². The van der Waals surface area contributed by atoms with E-state index in [-0.39, 0.29) is 30.9 Å². The molecule has 1 aliphatic carbocycles. The Morgan fingerprint density at radius 1 is 1.09 bits per heavy atom. The van der Waals surface area contributed by atoms with Gasteiger partial charge >= 0.3 is 5.97 Å². The summed E-state index contributed by atoms with van der Waals surface area (Å²) in [6, 6.07) is 16.3. The number of aliphatic imine (C=N–C) groups is 1. The van der Waals surface area contributed by atoms with Crippen LogP contribution in [0.1, 0.15) is 33.8 Å². The predicted octanol–water partition coefficient (Wildman–Crippen LogP) is 3.63. The number of amides is 1. The van der Waals surface area contributed by atoms with Crippen LogP contribution in [0.25, 0.3) is 0 Å². The number of nitrogens with two attached hydrogens (primary N) is 1. The van der Waals surface area contributed by atoms with E-state index in [1.807, 2.05) is 54.8 Å². The zero-order valence-electron chi connectivity index (χ0n) is 17.6. The molecule has 2 unspecified atom stereocenters. The van der Waals surface area contributed by atoms with Crippen LogP contribution in [0, 0.1) is 5.92 Å². The molecular weight excluding hydrogens is 402 g/mol. The highest BCUT2D eigenvalue weighted by Gasteiger charge is 2.23. The fraction of sp³-hybridized carbons (Fsp3) is 0.192. The topological polar surface area (TPSA) is 93.8 Å². The zero-order chi connectivity index (χ0) is 22.3. The maximum atomic E-state index is 12.9. The molecule has 0 aromatic heterocycles. The molecule has 6 heteroatoms. The van der Waals surface area contributed by atoms with Crippen molar-refractivity contribution < 1.29 is 14.3 Å². The van der Waals surface area contributed by atoms with Crippen molar-refractivity contribution in [3.05, 3.63) is 107 Å². The lowest BCUT2D eigenvalue weighted by atomic mass is 9.89. The number of allylic oxidation sites excluding steroid dienone is 5. The molecule has 1 amide bonds. The smallest absolute Gasteiger partial charge is 0.338 e. The van der Waals surface area contributed by atoms with Crippen LogP contribution in [0.4, 0.5) is 0 Å². The number of hydrogen-bond acceptors (Lipinski definition) is 5. The highest BCUT2D eigenvalue weighted by atomic mass is 16.5. The SMILES string of the molecule is NCC(C(=O)NC1=CC=C2C=NC=CC2C1)c1ccc(COC(=O)c2ccccc2)cc1. The summed E-state index contributed by atoms with van der Waals surface area (Å²) >= 11 is 0. The summed E-state index contributed by atoms with van der Waals surface area (Å²) in [5.41, 5.74) is 10.1. The lowest BCUT2D eigenvalue weighted by Crippen LogP contribution is -2.34. The van der Waals surface area contributed by atoms with Gasteiger partial charge in [0.25, 0.3) is 0 Å². The summed E-state index contributed by atoms with van der Waals surface area (Å²) < 4.78 is 5.36. The molecule has 1 heterocycles. The third-order valence-corrected chi connectivity index (χ3v) is 5.57. The van der Waals surface area contributed by atoms with Crippen molar-refractivity contribution >= 4 is 18.1 Å². The molecule has 2 aliphatic rings. The lowest BCUT2D eigenvalue weighted by molar-refractivity contribution is -0.121. The lowest BCUT2D eigenvalue weighted by Gasteiger charge is -2.24. The van der Waals surface area contributed by atoms with Gasteiger partial charge in [0.05, 0.1) is 11.5 Å². The first-order valence-corrected chi connectivity index (χ1v) is 10.6. The molecule has 0 radical (unpaired) electrons. The highest BCUT2D eigenvalue weighted by Crippen LogP contribution is 2.27. The van der Waals surface area contributed by atoms with Crippen molar-refractivity contribution in [2.45, 2.75) is 18.9 Å². The van der Waals surface area contributed by atoms with E-state index in [4.69, 9.17) is 10.5 Å². The van der Waals surface area contributed by atoms with Gasteiger partial charge in [-0.05, 0) is 41.3 Å². The van der Waals surface area contributed by atoms with Gasteiger partial charge in [-0.1, -0.05) is 54.6 Å². The molecule has 0 saturated heterocycles.